The number of ether oxygens (including phenoxy) is 2. The number of allylic oxidation sites excluding steroid dienone is 3. The predicted octanol–water partition coefficient (Wildman–Crippen LogP) is 2.70. The van der Waals surface area contributed by atoms with Crippen molar-refractivity contribution in [2.75, 3.05) is 13.7 Å². The van der Waals surface area contributed by atoms with Crippen molar-refractivity contribution in [3.63, 3.8) is 0 Å². The van der Waals surface area contributed by atoms with Crippen LogP contribution in [0, 0.1) is 11.8 Å². The zero-order chi connectivity index (χ0) is 20.8. The zero-order valence-electron chi connectivity index (χ0n) is 16.9. The Labute approximate surface area is 161 Å². The number of carbonyl (C=O) groups is 2. The maximum atomic E-state index is 12.7. The summed E-state index contributed by atoms with van der Waals surface area (Å²) in [6.45, 7) is 10.3. The van der Waals surface area contributed by atoms with Gasteiger partial charge in [-0.3, -0.25) is 9.59 Å². The van der Waals surface area contributed by atoms with E-state index in [0.717, 1.165) is 11.1 Å². The monoisotopic (exact) mass is 380 g/mol. The molecule has 1 rings (SSSR count). The molecule has 0 radical (unpaired) electrons. The number of esters is 1. The van der Waals surface area contributed by atoms with Crippen molar-refractivity contribution in [3.05, 3.63) is 35.6 Å². The Balaban J connectivity index is 3.38. The molecule has 0 aromatic heterocycles. The van der Waals surface area contributed by atoms with E-state index >= 15 is 0 Å². The van der Waals surface area contributed by atoms with Crippen molar-refractivity contribution in [3.8, 4) is 0 Å². The smallest absolute Gasteiger partial charge is 0.316 e. The SMILES string of the molecule is C=C1/C=C(\C)[C@@H](CC)OC(=O)[C@@H](C)C(=O)[C@](O)(CO)C/C(OC)=C/[C@H](C)C1. The molecule has 0 amide bonds. The van der Waals surface area contributed by atoms with Gasteiger partial charge in [0, 0.05) is 6.42 Å². The van der Waals surface area contributed by atoms with Crippen molar-refractivity contribution < 1.29 is 29.3 Å². The van der Waals surface area contributed by atoms with E-state index in [1.165, 1.54) is 14.0 Å². The molecule has 0 spiro atoms. The number of carbonyl (C=O) groups excluding carboxylic acids is 2. The number of Topliss-reactive ketones (excluding diaryl/α,β-unsaturated/α-hetero) is 1. The van der Waals surface area contributed by atoms with Crippen molar-refractivity contribution in [1.82, 2.24) is 0 Å². The maximum Gasteiger partial charge on any atom is 0.316 e. The van der Waals surface area contributed by atoms with Crippen molar-refractivity contribution in [2.24, 2.45) is 11.8 Å². The fourth-order valence-corrected chi connectivity index (χ4v) is 3.22. The Bertz CT molecular complexity index is 633. The summed E-state index contributed by atoms with van der Waals surface area (Å²) in [5.41, 5.74) is -0.402. The van der Waals surface area contributed by atoms with Crippen LogP contribution in [-0.2, 0) is 19.1 Å². The van der Waals surface area contributed by atoms with Crippen LogP contribution in [0.15, 0.2) is 35.6 Å². The second-order valence-corrected chi connectivity index (χ2v) is 7.35. The normalized spacial score (nSPS) is 35.4. The molecule has 1 aliphatic heterocycles. The summed E-state index contributed by atoms with van der Waals surface area (Å²) >= 11 is 0. The molecule has 0 saturated heterocycles. The second-order valence-electron chi connectivity index (χ2n) is 7.35. The van der Waals surface area contributed by atoms with Crippen LogP contribution in [0.2, 0.25) is 0 Å². The molecule has 2 N–H and O–H groups in total. The number of cyclic esters (lactones) is 1. The van der Waals surface area contributed by atoms with Gasteiger partial charge in [-0.05, 0) is 44.3 Å². The lowest BCUT2D eigenvalue weighted by molar-refractivity contribution is -0.162. The van der Waals surface area contributed by atoms with Gasteiger partial charge in [0.15, 0.2) is 11.4 Å². The lowest BCUT2D eigenvalue weighted by Gasteiger charge is -2.29. The fraction of sp³-hybridized carbons (Fsp3) is 0.619. The average Bonchev–Trinajstić information content (AvgIpc) is 2.62. The van der Waals surface area contributed by atoms with Crippen LogP contribution in [0.3, 0.4) is 0 Å². The fourth-order valence-electron chi connectivity index (χ4n) is 3.22. The average molecular weight is 380 g/mol. The molecule has 27 heavy (non-hydrogen) atoms. The van der Waals surface area contributed by atoms with Gasteiger partial charge in [0.2, 0.25) is 0 Å². The van der Waals surface area contributed by atoms with Gasteiger partial charge in [-0.15, -0.1) is 0 Å². The zero-order valence-corrected chi connectivity index (χ0v) is 16.9. The van der Waals surface area contributed by atoms with Crippen LogP contribution < -0.4 is 0 Å². The molecule has 1 heterocycles. The van der Waals surface area contributed by atoms with Gasteiger partial charge in [0.1, 0.15) is 12.0 Å². The maximum absolute atomic E-state index is 12.7. The first-order valence-electron chi connectivity index (χ1n) is 9.26. The highest BCUT2D eigenvalue weighted by atomic mass is 16.5. The summed E-state index contributed by atoms with van der Waals surface area (Å²) in [7, 11) is 1.44. The molecule has 0 aliphatic carbocycles. The number of hydrogen-bond acceptors (Lipinski definition) is 6. The summed E-state index contributed by atoms with van der Waals surface area (Å²) in [5, 5.41) is 20.4. The minimum Gasteiger partial charge on any atom is -0.501 e. The van der Waals surface area contributed by atoms with Gasteiger partial charge in [-0.1, -0.05) is 32.1 Å². The summed E-state index contributed by atoms with van der Waals surface area (Å²) in [5.74, 6) is -2.33. The molecule has 0 bridgehead atoms. The van der Waals surface area contributed by atoms with E-state index in [4.69, 9.17) is 9.47 Å². The first-order chi connectivity index (χ1) is 12.6. The number of methoxy groups -OCH3 is 1. The molecule has 1 aliphatic rings. The van der Waals surface area contributed by atoms with E-state index in [2.05, 4.69) is 6.58 Å². The number of aliphatic hydroxyl groups excluding tert-OH is 1. The Hall–Kier alpha value is -1.92. The highest BCUT2D eigenvalue weighted by molar-refractivity contribution is 6.03. The summed E-state index contributed by atoms with van der Waals surface area (Å²) < 4.78 is 10.8. The summed E-state index contributed by atoms with van der Waals surface area (Å²) in [4.78, 5) is 25.2. The van der Waals surface area contributed by atoms with Crippen LogP contribution in [0.5, 0.6) is 0 Å². The van der Waals surface area contributed by atoms with Crippen molar-refractivity contribution >= 4 is 11.8 Å². The Morgan fingerprint density at radius 3 is 2.52 bits per heavy atom. The van der Waals surface area contributed by atoms with Gasteiger partial charge >= 0.3 is 5.97 Å². The van der Waals surface area contributed by atoms with E-state index in [1.807, 2.05) is 26.8 Å². The highest BCUT2D eigenvalue weighted by Crippen LogP contribution is 2.27. The number of rotatable bonds is 3. The van der Waals surface area contributed by atoms with E-state index in [-0.39, 0.29) is 12.3 Å². The lowest BCUT2D eigenvalue weighted by Crippen LogP contribution is -2.48. The predicted molar refractivity (Wildman–Crippen MR) is 103 cm³/mol. The molecule has 4 atom stereocenters. The molecule has 0 fully saturated rings. The third-order valence-corrected chi connectivity index (χ3v) is 4.82. The van der Waals surface area contributed by atoms with Crippen LogP contribution in [0.1, 0.15) is 47.0 Å². The highest BCUT2D eigenvalue weighted by Gasteiger charge is 2.42. The van der Waals surface area contributed by atoms with Gasteiger partial charge in [-0.25, -0.2) is 0 Å². The molecular formula is C21H32O6. The minimum atomic E-state index is -2.12. The largest absolute Gasteiger partial charge is 0.501 e. The number of ketones is 1. The van der Waals surface area contributed by atoms with E-state index in [1.54, 1.807) is 6.08 Å². The topological polar surface area (TPSA) is 93.1 Å². The van der Waals surface area contributed by atoms with Crippen LogP contribution >= 0.6 is 0 Å². The van der Waals surface area contributed by atoms with E-state index in [9.17, 15) is 19.8 Å². The Morgan fingerprint density at radius 2 is 2.00 bits per heavy atom. The quantitative estimate of drug-likeness (QED) is 0.578. The molecule has 6 heteroatoms. The van der Waals surface area contributed by atoms with Gasteiger partial charge < -0.3 is 19.7 Å². The van der Waals surface area contributed by atoms with Crippen LogP contribution in [-0.4, -0.2) is 47.4 Å². The second kappa shape index (κ2) is 9.85. The molecule has 0 saturated carbocycles. The third kappa shape index (κ3) is 6.04. The number of aliphatic hydroxyl groups is 2. The van der Waals surface area contributed by atoms with E-state index in [0.29, 0.717) is 18.6 Å². The summed E-state index contributed by atoms with van der Waals surface area (Å²) in [6, 6.07) is 0. The van der Waals surface area contributed by atoms with Crippen LogP contribution in [0.25, 0.3) is 0 Å². The molecular weight excluding hydrogens is 348 g/mol. The minimum absolute atomic E-state index is 0.0394. The molecule has 152 valence electrons. The van der Waals surface area contributed by atoms with Crippen molar-refractivity contribution in [1.29, 1.82) is 0 Å². The first-order valence-corrected chi connectivity index (χ1v) is 9.26. The molecule has 6 nitrogen and oxygen atoms in total. The standard InChI is InChI=1S/C21H32O6/c1-7-18-15(4)9-13(2)8-14(3)10-17(26-6)11-21(25,12-22)19(23)16(5)20(24)27-18/h9-10,14,16,18,22,25H,2,7-8,11-12H2,1,3-6H3/b15-9+,17-10-/t14-,16+,18-,21-/m1/s1. The first kappa shape index (κ1) is 23.1. The third-order valence-electron chi connectivity index (χ3n) is 4.82. The molecule has 0 aromatic carbocycles. The molecule has 0 unspecified atom stereocenters. The van der Waals surface area contributed by atoms with E-state index < -0.39 is 36.0 Å². The van der Waals surface area contributed by atoms with Crippen LogP contribution in [0.4, 0.5) is 0 Å². The Morgan fingerprint density at radius 1 is 1.37 bits per heavy atom. The molecule has 0 aromatic rings. The van der Waals surface area contributed by atoms with Gasteiger partial charge in [0.05, 0.1) is 19.5 Å². The van der Waals surface area contributed by atoms with Gasteiger partial charge in [0.25, 0.3) is 0 Å². The number of hydrogen-bond donors (Lipinski definition) is 2. The van der Waals surface area contributed by atoms with Crippen molar-refractivity contribution in [2.45, 2.75) is 58.7 Å². The Kier molecular flexibility index (Phi) is 8.44. The lowest BCUT2D eigenvalue weighted by atomic mass is 9.86. The summed E-state index contributed by atoms with van der Waals surface area (Å²) in [6.07, 6.45) is 4.19. The van der Waals surface area contributed by atoms with Gasteiger partial charge in [-0.2, -0.15) is 0 Å².